The molecule has 0 unspecified atom stereocenters. The number of nitrogens with one attached hydrogen (secondary N) is 1. The second-order valence-corrected chi connectivity index (χ2v) is 5.57. The van der Waals surface area contributed by atoms with Crippen molar-refractivity contribution in [1.29, 1.82) is 0 Å². The molecule has 0 spiro atoms. The van der Waals surface area contributed by atoms with E-state index in [1.54, 1.807) is 0 Å². The Bertz CT molecular complexity index is 645. The van der Waals surface area contributed by atoms with Crippen LogP contribution in [0.1, 0.15) is 12.5 Å². The van der Waals surface area contributed by atoms with Crippen LogP contribution in [0.2, 0.25) is 0 Å². The van der Waals surface area contributed by atoms with E-state index in [1.165, 1.54) is 0 Å². The third-order valence-electron chi connectivity index (χ3n) is 3.17. The van der Waals surface area contributed by atoms with Gasteiger partial charge in [-0.2, -0.15) is 0 Å². The Morgan fingerprint density at radius 2 is 2.00 bits per heavy atom. The highest BCUT2D eigenvalue weighted by Crippen LogP contribution is 2.37. The largest absolute Gasteiger partial charge is 0.457 e. The summed E-state index contributed by atoms with van der Waals surface area (Å²) in [5.41, 5.74) is 1.11. The number of fused-ring (bicyclic) bond motifs is 1. The first-order chi connectivity index (χ1) is 10.3. The van der Waals surface area contributed by atoms with Gasteiger partial charge in [0.2, 0.25) is 6.79 Å². The lowest BCUT2D eigenvalue weighted by molar-refractivity contribution is 0.174. The third kappa shape index (κ3) is 3.31. The normalized spacial score (nSPS) is 12.5. The van der Waals surface area contributed by atoms with Crippen LogP contribution in [-0.2, 0) is 6.54 Å². The van der Waals surface area contributed by atoms with Crippen molar-refractivity contribution in [1.82, 2.24) is 5.32 Å². The van der Waals surface area contributed by atoms with Crippen LogP contribution >= 0.6 is 15.9 Å². The molecule has 0 saturated carbocycles. The molecular formula is C16H16BrNO3. The van der Waals surface area contributed by atoms with Gasteiger partial charge in [0.25, 0.3) is 0 Å². The zero-order chi connectivity index (χ0) is 14.7. The smallest absolute Gasteiger partial charge is 0.231 e. The standard InChI is InChI=1S/C16H16BrNO3/c1-2-18-9-11-3-4-12(17)7-15(11)21-13-5-6-14-16(8-13)20-10-19-14/h3-8,18H,2,9-10H2,1H3. The van der Waals surface area contributed by atoms with Gasteiger partial charge in [-0.1, -0.05) is 28.9 Å². The Hall–Kier alpha value is -1.72. The zero-order valence-corrected chi connectivity index (χ0v) is 13.3. The number of halogens is 1. The summed E-state index contributed by atoms with van der Waals surface area (Å²) >= 11 is 3.48. The van der Waals surface area contributed by atoms with E-state index in [2.05, 4.69) is 34.2 Å². The van der Waals surface area contributed by atoms with Crippen LogP contribution in [-0.4, -0.2) is 13.3 Å². The maximum atomic E-state index is 6.01. The van der Waals surface area contributed by atoms with Crippen LogP contribution in [0.4, 0.5) is 0 Å². The molecule has 110 valence electrons. The molecule has 1 heterocycles. The SMILES string of the molecule is CCNCc1ccc(Br)cc1Oc1ccc2c(c1)OCO2. The zero-order valence-electron chi connectivity index (χ0n) is 11.7. The lowest BCUT2D eigenvalue weighted by atomic mass is 10.2. The molecule has 5 heteroatoms. The minimum atomic E-state index is 0.265. The Balaban J connectivity index is 1.84. The molecule has 0 aliphatic carbocycles. The van der Waals surface area contributed by atoms with Gasteiger partial charge in [0.1, 0.15) is 11.5 Å². The summed E-state index contributed by atoms with van der Waals surface area (Å²) in [7, 11) is 0. The van der Waals surface area contributed by atoms with Gasteiger partial charge in [-0.15, -0.1) is 0 Å². The highest BCUT2D eigenvalue weighted by molar-refractivity contribution is 9.10. The average Bonchev–Trinajstić information content (AvgIpc) is 2.94. The Labute approximate surface area is 132 Å². The molecule has 3 rings (SSSR count). The highest BCUT2D eigenvalue weighted by atomic mass is 79.9. The Morgan fingerprint density at radius 1 is 1.14 bits per heavy atom. The number of hydrogen-bond acceptors (Lipinski definition) is 4. The van der Waals surface area contributed by atoms with Crippen molar-refractivity contribution in [3.8, 4) is 23.0 Å². The summed E-state index contributed by atoms with van der Waals surface area (Å²) < 4.78 is 17.7. The second-order valence-electron chi connectivity index (χ2n) is 4.65. The van der Waals surface area contributed by atoms with Crippen molar-refractivity contribution in [2.75, 3.05) is 13.3 Å². The van der Waals surface area contributed by atoms with Crippen LogP contribution in [0.5, 0.6) is 23.0 Å². The number of hydrogen-bond donors (Lipinski definition) is 1. The van der Waals surface area contributed by atoms with Crippen LogP contribution in [0, 0.1) is 0 Å². The topological polar surface area (TPSA) is 39.7 Å². The van der Waals surface area contributed by atoms with Crippen molar-refractivity contribution >= 4 is 15.9 Å². The van der Waals surface area contributed by atoms with Gasteiger partial charge < -0.3 is 19.5 Å². The average molecular weight is 350 g/mol. The third-order valence-corrected chi connectivity index (χ3v) is 3.66. The van der Waals surface area contributed by atoms with Gasteiger partial charge in [-0.25, -0.2) is 0 Å². The fourth-order valence-corrected chi connectivity index (χ4v) is 2.44. The Kier molecular flexibility index (Phi) is 4.31. The van der Waals surface area contributed by atoms with Crippen molar-refractivity contribution in [3.05, 3.63) is 46.4 Å². The first-order valence-corrected chi connectivity index (χ1v) is 7.62. The molecule has 1 aliphatic rings. The fraction of sp³-hybridized carbons (Fsp3) is 0.250. The molecule has 1 aliphatic heterocycles. The quantitative estimate of drug-likeness (QED) is 0.882. The predicted molar refractivity (Wildman–Crippen MR) is 84.2 cm³/mol. The minimum absolute atomic E-state index is 0.265. The molecular weight excluding hydrogens is 334 g/mol. The first kappa shape index (κ1) is 14.2. The van der Waals surface area contributed by atoms with E-state index < -0.39 is 0 Å². The second kappa shape index (κ2) is 6.37. The van der Waals surface area contributed by atoms with Crippen LogP contribution in [0.15, 0.2) is 40.9 Å². The first-order valence-electron chi connectivity index (χ1n) is 6.83. The molecule has 0 amide bonds. The number of ether oxygens (including phenoxy) is 3. The molecule has 21 heavy (non-hydrogen) atoms. The van der Waals surface area contributed by atoms with E-state index in [-0.39, 0.29) is 6.79 Å². The van der Waals surface area contributed by atoms with Crippen LogP contribution in [0.25, 0.3) is 0 Å². The van der Waals surface area contributed by atoms with Gasteiger partial charge in [0, 0.05) is 22.6 Å². The van der Waals surface area contributed by atoms with E-state index in [9.17, 15) is 0 Å². The molecule has 2 aromatic rings. The van der Waals surface area contributed by atoms with E-state index in [1.807, 2.05) is 30.3 Å². The number of benzene rings is 2. The van der Waals surface area contributed by atoms with E-state index in [0.717, 1.165) is 46.1 Å². The monoisotopic (exact) mass is 349 g/mol. The maximum Gasteiger partial charge on any atom is 0.231 e. The molecule has 0 saturated heterocycles. The molecule has 0 radical (unpaired) electrons. The molecule has 0 atom stereocenters. The van der Waals surface area contributed by atoms with Gasteiger partial charge in [0.05, 0.1) is 0 Å². The molecule has 0 fully saturated rings. The summed E-state index contributed by atoms with van der Waals surface area (Å²) in [5.74, 6) is 3.03. The maximum absolute atomic E-state index is 6.01. The van der Waals surface area contributed by atoms with Crippen molar-refractivity contribution in [2.45, 2.75) is 13.5 Å². The van der Waals surface area contributed by atoms with E-state index >= 15 is 0 Å². The van der Waals surface area contributed by atoms with Crippen molar-refractivity contribution in [3.63, 3.8) is 0 Å². The fourth-order valence-electron chi connectivity index (χ4n) is 2.10. The lowest BCUT2D eigenvalue weighted by Crippen LogP contribution is -2.12. The van der Waals surface area contributed by atoms with Crippen LogP contribution in [0.3, 0.4) is 0 Å². The van der Waals surface area contributed by atoms with Crippen LogP contribution < -0.4 is 19.5 Å². The summed E-state index contributed by atoms with van der Waals surface area (Å²) in [5, 5.41) is 3.31. The molecule has 1 N–H and O–H groups in total. The number of rotatable bonds is 5. The molecule has 0 aromatic heterocycles. The highest BCUT2D eigenvalue weighted by Gasteiger charge is 2.14. The summed E-state index contributed by atoms with van der Waals surface area (Å²) in [6.07, 6.45) is 0. The molecule has 0 bridgehead atoms. The van der Waals surface area contributed by atoms with E-state index in [4.69, 9.17) is 14.2 Å². The van der Waals surface area contributed by atoms with E-state index in [0.29, 0.717) is 0 Å². The van der Waals surface area contributed by atoms with Crippen molar-refractivity contribution < 1.29 is 14.2 Å². The molecule has 4 nitrogen and oxygen atoms in total. The van der Waals surface area contributed by atoms with Crippen molar-refractivity contribution in [2.24, 2.45) is 0 Å². The van der Waals surface area contributed by atoms with Gasteiger partial charge in [-0.3, -0.25) is 0 Å². The van der Waals surface area contributed by atoms with Gasteiger partial charge >= 0.3 is 0 Å². The minimum Gasteiger partial charge on any atom is -0.457 e. The predicted octanol–water partition coefficient (Wildman–Crippen LogP) is 4.08. The lowest BCUT2D eigenvalue weighted by Gasteiger charge is -2.12. The Morgan fingerprint density at radius 3 is 2.86 bits per heavy atom. The molecule has 2 aromatic carbocycles. The van der Waals surface area contributed by atoms with Gasteiger partial charge in [0.15, 0.2) is 11.5 Å². The summed E-state index contributed by atoms with van der Waals surface area (Å²) in [4.78, 5) is 0. The van der Waals surface area contributed by atoms with Gasteiger partial charge in [-0.05, 0) is 30.8 Å². The summed E-state index contributed by atoms with van der Waals surface area (Å²) in [6.45, 7) is 4.03. The summed E-state index contributed by atoms with van der Waals surface area (Å²) in [6, 6.07) is 11.6.